The summed E-state index contributed by atoms with van der Waals surface area (Å²) in [6.45, 7) is 2.59. The van der Waals surface area contributed by atoms with Gasteiger partial charge in [0.2, 0.25) is 0 Å². The average molecular weight is 232 g/mol. The number of carbonyl (C=O) groups excluding carboxylic acids is 1. The van der Waals surface area contributed by atoms with Crippen LogP contribution in [0.4, 0.5) is 0 Å². The summed E-state index contributed by atoms with van der Waals surface area (Å²) in [6.07, 6.45) is 1.92. The van der Waals surface area contributed by atoms with Crippen molar-refractivity contribution in [2.24, 2.45) is 0 Å². The van der Waals surface area contributed by atoms with Gasteiger partial charge in [0.1, 0.15) is 5.75 Å². The molecule has 1 aromatic rings. The topological polar surface area (TPSA) is 50.4 Å². The predicted octanol–water partition coefficient (Wildman–Crippen LogP) is 0.713. The molecule has 1 fully saturated rings. The van der Waals surface area contributed by atoms with Crippen LogP contribution in [0, 0.1) is 0 Å². The molecule has 1 saturated heterocycles. The molecule has 17 heavy (non-hydrogen) atoms. The molecule has 2 N–H and O–H groups in total. The normalized spacial score (nSPS) is 22.0. The Kier molecular flexibility index (Phi) is 2.73. The molecule has 2 heterocycles. The molecule has 1 aromatic carbocycles. The van der Waals surface area contributed by atoms with Crippen LogP contribution in [-0.2, 0) is 6.42 Å². The van der Waals surface area contributed by atoms with E-state index in [0.717, 1.165) is 49.4 Å². The van der Waals surface area contributed by atoms with Crippen LogP contribution in [0.2, 0.25) is 0 Å². The van der Waals surface area contributed by atoms with Gasteiger partial charge >= 0.3 is 0 Å². The number of carbonyl (C=O) groups is 1. The maximum atomic E-state index is 12.0. The van der Waals surface area contributed by atoms with Gasteiger partial charge in [-0.3, -0.25) is 4.79 Å². The van der Waals surface area contributed by atoms with Gasteiger partial charge in [-0.2, -0.15) is 0 Å². The maximum Gasteiger partial charge on any atom is 0.251 e. The van der Waals surface area contributed by atoms with Gasteiger partial charge in [0, 0.05) is 24.6 Å². The van der Waals surface area contributed by atoms with Gasteiger partial charge in [0.05, 0.1) is 6.61 Å². The van der Waals surface area contributed by atoms with Crippen LogP contribution in [0.5, 0.6) is 5.75 Å². The van der Waals surface area contributed by atoms with E-state index in [1.54, 1.807) is 0 Å². The lowest BCUT2D eigenvalue weighted by molar-refractivity contribution is 0.0940. The van der Waals surface area contributed by atoms with Crippen LogP contribution in [0.15, 0.2) is 18.2 Å². The molecular weight excluding hydrogens is 216 g/mol. The van der Waals surface area contributed by atoms with Gasteiger partial charge in [0.25, 0.3) is 5.91 Å². The molecule has 90 valence electrons. The second kappa shape index (κ2) is 4.37. The Morgan fingerprint density at radius 2 is 2.41 bits per heavy atom. The molecule has 0 bridgehead atoms. The smallest absolute Gasteiger partial charge is 0.251 e. The maximum absolute atomic E-state index is 12.0. The highest BCUT2D eigenvalue weighted by Gasteiger charge is 2.19. The number of amides is 1. The molecule has 2 aliphatic heterocycles. The van der Waals surface area contributed by atoms with Gasteiger partial charge in [0.15, 0.2) is 0 Å². The van der Waals surface area contributed by atoms with Crippen LogP contribution < -0.4 is 15.4 Å². The molecule has 3 rings (SSSR count). The van der Waals surface area contributed by atoms with E-state index < -0.39 is 0 Å². The first kappa shape index (κ1) is 10.6. The van der Waals surface area contributed by atoms with Gasteiger partial charge in [-0.15, -0.1) is 0 Å². The van der Waals surface area contributed by atoms with Crippen molar-refractivity contribution in [3.63, 3.8) is 0 Å². The summed E-state index contributed by atoms with van der Waals surface area (Å²) in [6, 6.07) is 5.94. The fourth-order valence-corrected chi connectivity index (χ4v) is 2.37. The van der Waals surface area contributed by atoms with Crippen molar-refractivity contribution >= 4 is 5.91 Å². The molecule has 1 atom stereocenters. The number of benzene rings is 1. The minimum absolute atomic E-state index is 0.0217. The molecule has 0 spiro atoms. The van der Waals surface area contributed by atoms with Crippen LogP contribution in [0.25, 0.3) is 0 Å². The molecule has 4 nitrogen and oxygen atoms in total. The van der Waals surface area contributed by atoms with E-state index >= 15 is 0 Å². The Bertz CT molecular complexity index is 439. The molecule has 2 aliphatic rings. The number of hydrogen-bond acceptors (Lipinski definition) is 3. The van der Waals surface area contributed by atoms with Crippen molar-refractivity contribution in [1.82, 2.24) is 10.6 Å². The number of ether oxygens (including phenoxy) is 1. The third-order valence-electron chi connectivity index (χ3n) is 3.35. The second-order valence-corrected chi connectivity index (χ2v) is 4.58. The Morgan fingerprint density at radius 1 is 1.47 bits per heavy atom. The fourth-order valence-electron chi connectivity index (χ4n) is 2.37. The quantitative estimate of drug-likeness (QED) is 0.789. The van der Waals surface area contributed by atoms with Crippen molar-refractivity contribution in [1.29, 1.82) is 0 Å². The molecule has 0 radical (unpaired) electrons. The number of nitrogens with one attached hydrogen (secondary N) is 2. The van der Waals surface area contributed by atoms with E-state index in [4.69, 9.17) is 4.74 Å². The van der Waals surface area contributed by atoms with E-state index in [-0.39, 0.29) is 11.9 Å². The summed E-state index contributed by atoms with van der Waals surface area (Å²) in [5.41, 5.74) is 1.88. The molecule has 0 saturated carbocycles. The fraction of sp³-hybridized carbons (Fsp3) is 0.462. The van der Waals surface area contributed by atoms with E-state index in [9.17, 15) is 4.79 Å². The van der Waals surface area contributed by atoms with Crippen molar-refractivity contribution in [3.05, 3.63) is 29.3 Å². The number of hydrogen-bond donors (Lipinski definition) is 2. The zero-order valence-electron chi connectivity index (χ0n) is 9.66. The van der Waals surface area contributed by atoms with Gasteiger partial charge in [-0.1, -0.05) is 0 Å². The summed E-state index contributed by atoms with van der Waals surface area (Å²) in [7, 11) is 0. The van der Waals surface area contributed by atoms with E-state index in [1.165, 1.54) is 0 Å². The lowest BCUT2D eigenvalue weighted by Crippen LogP contribution is -2.36. The van der Waals surface area contributed by atoms with Crippen LogP contribution >= 0.6 is 0 Å². The third kappa shape index (κ3) is 2.13. The van der Waals surface area contributed by atoms with Crippen molar-refractivity contribution < 1.29 is 9.53 Å². The van der Waals surface area contributed by atoms with Crippen molar-refractivity contribution in [3.8, 4) is 5.75 Å². The van der Waals surface area contributed by atoms with Crippen LogP contribution in [-0.4, -0.2) is 31.6 Å². The van der Waals surface area contributed by atoms with Crippen LogP contribution in [0.1, 0.15) is 22.3 Å². The van der Waals surface area contributed by atoms with E-state index in [0.29, 0.717) is 0 Å². The molecule has 1 amide bonds. The molecule has 0 unspecified atom stereocenters. The minimum atomic E-state index is 0.0217. The first-order valence-electron chi connectivity index (χ1n) is 6.10. The molecule has 0 aliphatic carbocycles. The lowest BCUT2D eigenvalue weighted by Gasteiger charge is -2.11. The Labute approximate surface area is 100 Å². The van der Waals surface area contributed by atoms with E-state index in [2.05, 4.69) is 10.6 Å². The summed E-state index contributed by atoms with van der Waals surface area (Å²) < 4.78 is 5.42. The van der Waals surface area contributed by atoms with Gasteiger partial charge in [-0.25, -0.2) is 0 Å². The number of fused-ring (bicyclic) bond motifs is 1. The largest absolute Gasteiger partial charge is 0.493 e. The monoisotopic (exact) mass is 232 g/mol. The standard InChI is InChI=1S/C13H16N2O2/c16-13(15-11-3-5-14-8-11)10-1-2-12-9(7-10)4-6-17-12/h1-2,7,11,14H,3-6,8H2,(H,15,16)/t11-/m0/s1. The summed E-state index contributed by atoms with van der Waals surface area (Å²) >= 11 is 0. The summed E-state index contributed by atoms with van der Waals surface area (Å²) in [5, 5.41) is 6.28. The van der Waals surface area contributed by atoms with Gasteiger partial charge < -0.3 is 15.4 Å². The zero-order chi connectivity index (χ0) is 11.7. The highest BCUT2D eigenvalue weighted by Crippen LogP contribution is 2.25. The Balaban J connectivity index is 1.72. The highest BCUT2D eigenvalue weighted by atomic mass is 16.5. The zero-order valence-corrected chi connectivity index (χ0v) is 9.66. The van der Waals surface area contributed by atoms with Crippen molar-refractivity contribution in [2.75, 3.05) is 19.7 Å². The minimum Gasteiger partial charge on any atom is -0.493 e. The SMILES string of the molecule is O=C(N[C@H]1CCNC1)c1ccc2c(c1)CCO2. The highest BCUT2D eigenvalue weighted by molar-refractivity contribution is 5.94. The molecule has 4 heteroatoms. The Morgan fingerprint density at radius 3 is 3.24 bits per heavy atom. The molecule has 0 aromatic heterocycles. The lowest BCUT2D eigenvalue weighted by atomic mass is 10.1. The van der Waals surface area contributed by atoms with E-state index in [1.807, 2.05) is 18.2 Å². The van der Waals surface area contributed by atoms with Crippen LogP contribution in [0.3, 0.4) is 0 Å². The second-order valence-electron chi connectivity index (χ2n) is 4.58. The number of rotatable bonds is 2. The van der Waals surface area contributed by atoms with Crippen molar-refractivity contribution in [2.45, 2.75) is 18.9 Å². The third-order valence-corrected chi connectivity index (χ3v) is 3.35. The summed E-state index contributed by atoms with van der Waals surface area (Å²) in [5.74, 6) is 0.942. The first-order chi connectivity index (χ1) is 8.33. The summed E-state index contributed by atoms with van der Waals surface area (Å²) in [4.78, 5) is 12.0. The predicted molar refractivity (Wildman–Crippen MR) is 64.4 cm³/mol. The Hall–Kier alpha value is -1.55. The average Bonchev–Trinajstić information content (AvgIpc) is 2.97. The van der Waals surface area contributed by atoms with Gasteiger partial charge in [-0.05, 0) is 36.7 Å². The molecular formula is C13H16N2O2. The first-order valence-corrected chi connectivity index (χ1v) is 6.10.